The standard InChI is InChI=1S/C27H30F3N5O2/c28-27(29,30)22-8-6-21(7-9-22)18-32-10-12-33(13-11-32)19-25-31-24(20-37-25)26(36)35-16-14-34(15-17-35)23-4-2-1-3-5-23/h1-9,20H,10-19H2. The van der Waals surface area contributed by atoms with Crippen LogP contribution >= 0.6 is 0 Å². The number of hydrogen-bond acceptors (Lipinski definition) is 6. The van der Waals surface area contributed by atoms with Crippen molar-refractivity contribution in [2.45, 2.75) is 19.3 Å². The molecule has 0 atom stereocenters. The van der Waals surface area contributed by atoms with E-state index in [1.807, 2.05) is 23.1 Å². The van der Waals surface area contributed by atoms with Gasteiger partial charge in [0, 0.05) is 64.6 Å². The number of amides is 1. The fourth-order valence-corrected chi connectivity index (χ4v) is 4.80. The summed E-state index contributed by atoms with van der Waals surface area (Å²) < 4.78 is 43.9. The zero-order valence-electron chi connectivity index (χ0n) is 20.5. The van der Waals surface area contributed by atoms with Gasteiger partial charge >= 0.3 is 6.18 Å². The molecule has 2 aliphatic heterocycles. The molecule has 1 aromatic heterocycles. The van der Waals surface area contributed by atoms with Crippen LogP contribution in [-0.4, -0.2) is 77.9 Å². The summed E-state index contributed by atoms with van der Waals surface area (Å²) in [6.07, 6.45) is -2.87. The first-order valence-electron chi connectivity index (χ1n) is 12.5. The second kappa shape index (κ2) is 10.9. The van der Waals surface area contributed by atoms with Crippen LogP contribution in [0.5, 0.6) is 0 Å². The molecular weight excluding hydrogens is 483 g/mol. The molecule has 5 rings (SSSR count). The Labute approximate surface area is 214 Å². The van der Waals surface area contributed by atoms with Crippen LogP contribution in [0.25, 0.3) is 0 Å². The first-order valence-corrected chi connectivity index (χ1v) is 12.5. The molecule has 2 fully saturated rings. The number of carbonyl (C=O) groups excluding carboxylic acids is 1. The molecule has 0 aliphatic carbocycles. The molecule has 3 aromatic rings. The number of oxazole rings is 1. The van der Waals surface area contributed by atoms with Gasteiger partial charge in [0.25, 0.3) is 5.91 Å². The maximum absolute atomic E-state index is 12.9. The lowest BCUT2D eigenvalue weighted by molar-refractivity contribution is -0.137. The Morgan fingerprint density at radius 3 is 2.05 bits per heavy atom. The molecule has 37 heavy (non-hydrogen) atoms. The van der Waals surface area contributed by atoms with Crippen LogP contribution in [-0.2, 0) is 19.3 Å². The largest absolute Gasteiger partial charge is 0.447 e. The molecule has 1 amide bonds. The normalized spacial score (nSPS) is 17.8. The van der Waals surface area contributed by atoms with E-state index in [2.05, 4.69) is 31.8 Å². The van der Waals surface area contributed by atoms with Crippen molar-refractivity contribution in [3.05, 3.63) is 83.6 Å². The third kappa shape index (κ3) is 6.31. The lowest BCUT2D eigenvalue weighted by Gasteiger charge is -2.35. The highest BCUT2D eigenvalue weighted by Gasteiger charge is 2.30. The van der Waals surface area contributed by atoms with Gasteiger partial charge in [-0.05, 0) is 29.8 Å². The minimum absolute atomic E-state index is 0.107. The number of piperazine rings is 2. The van der Waals surface area contributed by atoms with Crippen molar-refractivity contribution in [3.63, 3.8) is 0 Å². The van der Waals surface area contributed by atoms with Crippen molar-refractivity contribution in [3.8, 4) is 0 Å². The number of nitrogens with zero attached hydrogens (tertiary/aromatic N) is 5. The minimum Gasteiger partial charge on any atom is -0.447 e. The Morgan fingerprint density at radius 2 is 1.43 bits per heavy atom. The maximum atomic E-state index is 12.9. The lowest BCUT2D eigenvalue weighted by atomic mass is 10.1. The Hall–Kier alpha value is -3.37. The first kappa shape index (κ1) is 25.3. The van der Waals surface area contributed by atoms with Crippen molar-refractivity contribution < 1.29 is 22.4 Å². The van der Waals surface area contributed by atoms with Crippen LogP contribution in [0.1, 0.15) is 27.5 Å². The van der Waals surface area contributed by atoms with Crippen molar-refractivity contribution >= 4 is 11.6 Å². The van der Waals surface area contributed by atoms with E-state index in [4.69, 9.17) is 4.42 Å². The number of hydrogen-bond donors (Lipinski definition) is 0. The van der Waals surface area contributed by atoms with Crippen LogP contribution in [0, 0.1) is 0 Å². The third-order valence-corrected chi connectivity index (χ3v) is 6.97. The molecule has 2 aliphatic rings. The summed E-state index contributed by atoms with van der Waals surface area (Å²) in [5, 5.41) is 0. The van der Waals surface area contributed by atoms with E-state index >= 15 is 0 Å². The SMILES string of the molecule is O=C(c1coc(CN2CCN(Cc3ccc(C(F)(F)F)cc3)CC2)n1)N1CCN(c2ccccc2)CC1. The zero-order chi connectivity index (χ0) is 25.8. The zero-order valence-corrected chi connectivity index (χ0v) is 20.5. The molecule has 3 heterocycles. The average Bonchev–Trinajstić information content (AvgIpc) is 3.38. The number of carbonyl (C=O) groups is 1. The topological polar surface area (TPSA) is 56.1 Å². The van der Waals surface area contributed by atoms with Crippen LogP contribution in [0.2, 0.25) is 0 Å². The van der Waals surface area contributed by atoms with E-state index < -0.39 is 11.7 Å². The first-order chi connectivity index (χ1) is 17.8. The van der Waals surface area contributed by atoms with Gasteiger partial charge in [0.2, 0.25) is 5.89 Å². The molecule has 0 bridgehead atoms. The summed E-state index contributed by atoms with van der Waals surface area (Å²) in [5.41, 5.74) is 1.74. The number of alkyl halides is 3. The number of anilines is 1. The molecule has 7 nitrogen and oxygen atoms in total. The molecule has 0 radical (unpaired) electrons. The van der Waals surface area contributed by atoms with Crippen LogP contribution in [0.15, 0.2) is 65.3 Å². The highest BCUT2D eigenvalue weighted by Crippen LogP contribution is 2.29. The Balaban J connectivity index is 1.07. The fourth-order valence-electron chi connectivity index (χ4n) is 4.80. The molecular formula is C27H30F3N5O2. The van der Waals surface area contributed by atoms with E-state index in [1.165, 1.54) is 6.26 Å². The molecule has 2 aromatic carbocycles. The average molecular weight is 514 g/mol. The summed E-state index contributed by atoms with van der Waals surface area (Å²) in [6.45, 7) is 7.10. The van der Waals surface area contributed by atoms with Crippen LogP contribution in [0.4, 0.5) is 18.9 Å². The minimum atomic E-state index is -4.31. The second-order valence-corrected chi connectivity index (χ2v) is 9.49. The summed E-state index contributed by atoms with van der Waals surface area (Å²) in [7, 11) is 0. The van der Waals surface area contributed by atoms with E-state index in [-0.39, 0.29) is 5.91 Å². The molecule has 196 valence electrons. The highest BCUT2D eigenvalue weighted by molar-refractivity contribution is 5.92. The number of para-hydroxylation sites is 1. The Bertz CT molecular complexity index is 1170. The Morgan fingerprint density at radius 1 is 0.811 bits per heavy atom. The van der Waals surface area contributed by atoms with Gasteiger partial charge in [0.15, 0.2) is 5.69 Å². The van der Waals surface area contributed by atoms with Gasteiger partial charge in [0.1, 0.15) is 6.26 Å². The van der Waals surface area contributed by atoms with Crippen LogP contribution < -0.4 is 4.90 Å². The maximum Gasteiger partial charge on any atom is 0.416 e. The van der Waals surface area contributed by atoms with Gasteiger partial charge in [-0.15, -0.1) is 0 Å². The lowest BCUT2D eigenvalue weighted by Crippen LogP contribution is -2.48. The summed E-state index contributed by atoms with van der Waals surface area (Å²) >= 11 is 0. The van der Waals surface area contributed by atoms with Gasteiger partial charge in [-0.3, -0.25) is 14.6 Å². The highest BCUT2D eigenvalue weighted by atomic mass is 19.4. The fraction of sp³-hybridized carbons (Fsp3) is 0.407. The van der Waals surface area contributed by atoms with E-state index in [0.717, 1.165) is 62.7 Å². The van der Waals surface area contributed by atoms with Gasteiger partial charge < -0.3 is 14.2 Å². The monoisotopic (exact) mass is 513 g/mol. The van der Waals surface area contributed by atoms with Gasteiger partial charge in [-0.25, -0.2) is 4.98 Å². The van der Waals surface area contributed by atoms with Crippen molar-refractivity contribution in [1.82, 2.24) is 19.7 Å². The van der Waals surface area contributed by atoms with Crippen LogP contribution in [0.3, 0.4) is 0 Å². The quantitative estimate of drug-likeness (QED) is 0.497. The van der Waals surface area contributed by atoms with E-state index in [1.54, 1.807) is 12.1 Å². The van der Waals surface area contributed by atoms with Crippen molar-refractivity contribution in [1.29, 1.82) is 0 Å². The molecule has 0 saturated carbocycles. The van der Waals surface area contributed by atoms with Gasteiger partial charge in [-0.1, -0.05) is 30.3 Å². The molecule has 2 saturated heterocycles. The molecule has 0 unspecified atom stereocenters. The van der Waals surface area contributed by atoms with Gasteiger partial charge in [0.05, 0.1) is 12.1 Å². The van der Waals surface area contributed by atoms with E-state index in [9.17, 15) is 18.0 Å². The third-order valence-electron chi connectivity index (χ3n) is 6.97. The number of rotatable bonds is 6. The van der Waals surface area contributed by atoms with Crippen molar-refractivity contribution in [2.75, 3.05) is 57.3 Å². The summed E-state index contributed by atoms with van der Waals surface area (Å²) in [6, 6.07) is 15.5. The number of halogens is 3. The second-order valence-electron chi connectivity index (χ2n) is 9.49. The predicted molar refractivity (Wildman–Crippen MR) is 133 cm³/mol. The molecule has 0 N–H and O–H groups in total. The molecule has 0 spiro atoms. The Kier molecular flexibility index (Phi) is 7.48. The predicted octanol–water partition coefficient (Wildman–Crippen LogP) is 3.97. The number of aromatic nitrogens is 1. The number of benzene rings is 2. The van der Waals surface area contributed by atoms with Gasteiger partial charge in [-0.2, -0.15) is 13.2 Å². The summed E-state index contributed by atoms with van der Waals surface area (Å²) in [4.78, 5) is 25.9. The van der Waals surface area contributed by atoms with E-state index in [0.29, 0.717) is 37.8 Å². The molecule has 10 heteroatoms. The summed E-state index contributed by atoms with van der Waals surface area (Å²) in [5.74, 6) is 0.409. The van der Waals surface area contributed by atoms with Crippen molar-refractivity contribution in [2.24, 2.45) is 0 Å². The smallest absolute Gasteiger partial charge is 0.416 e.